The van der Waals surface area contributed by atoms with Crippen molar-refractivity contribution < 1.29 is 22.8 Å². The molecule has 5 rings (SSSR count). The van der Waals surface area contributed by atoms with Crippen LogP contribution < -0.4 is 4.74 Å². The third-order valence-electron chi connectivity index (χ3n) is 7.39. The van der Waals surface area contributed by atoms with Gasteiger partial charge in [0.25, 0.3) is 0 Å². The molecule has 5 nitrogen and oxygen atoms in total. The van der Waals surface area contributed by atoms with Gasteiger partial charge in [-0.05, 0) is 68.9 Å². The number of ketones is 1. The fourth-order valence-electron chi connectivity index (χ4n) is 5.43. The summed E-state index contributed by atoms with van der Waals surface area (Å²) in [6.07, 6.45) is 2.99. The minimum Gasteiger partial charge on any atom is -0.496 e. The number of aryl methyl sites for hydroxylation is 2. The molecule has 0 saturated heterocycles. The highest BCUT2D eigenvalue weighted by Gasteiger charge is 2.35. The molecule has 2 aromatic carbocycles. The van der Waals surface area contributed by atoms with Crippen LogP contribution in [0.2, 0.25) is 0 Å². The molecule has 36 heavy (non-hydrogen) atoms. The van der Waals surface area contributed by atoms with E-state index in [1.54, 1.807) is 13.2 Å². The lowest BCUT2D eigenvalue weighted by Gasteiger charge is -2.28. The van der Waals surface area contributed by atoms with E-state index in [2.05, 4.69) is 34.1 Å². The van der Waals surface area contributed by atoms with E-state index in [-0.39, 0.29) is 24.5 Å². The zero-order chi connectivity index (χ0) is 25.6. The first kappa shape index (κ1) is 24.2. The van der Waals surface area contributed by atoms with Crippen LogP contribution in [0.5, 0.6) is 5.75 Å². The zero-order valence-corrected chi connectivity index (χ0v) is 21.0. The van der Waals surface area contributed by atoms with Crippen molar-refractivity contribution in [2.45, 2.75) is 58.9 Å². The lowest BCUT2D eigenvalue weighted by Crippen LogP contribution is -2.26. The number of rotatable bonds is 6. The second kappa shape index (κ2) is 9.19. The van der Waals surface area contributed by atoms with Crippen molar-refractivity contribution in [3.8, 4) is 28.0 Å². The number of ether oxygens (including phenoxy) is 1. The predicted molar refractivity (Wildman–Crippen MR) is 136 cm³/mol. The van der Waals surface area contributed by atoms with Gasteiger partial charge in [0.1, 0.15) is 11.5 Å². The Morgan fingerprint density at radius 1 is 1.14 bits per heavy atom. The van der Waals surface area contributed by atoms with Gasteiger partial charge in [-0.15, -0.1) is 0 Å². The SMILES string of the molecule is COc1cc(-c2cn(CC3CCC(F)(F)CC3)c3cc(-c4c(C)noc4C)ccc23)ccc1C(C)=O. The molecule has 0 N–H and O–H groups in total. The first-order valence-corrected chi connectivity index (χ1v) is 12.3. The van der Waals surface area contributed by atoms with Crippen LogP contribution in [0.3, 0.4) is 0 Å². The largest absolute Gasteiger partial charge is 0.496 e. The molecule has 2 aromatic heterocycles. The van der Waals surface area contributed by atoms with Gasteiger partial charge in [0.2, 0.25) is 5.92 Å². The maximum atomic E-state index is 13.8. The maximum Gasteiger partial charge on any atom is 0.248 e. The van der Waals surface area contributed by atoms with E-state index in [0.717, 1.165) is 44.6 Å². The number of Topliss-reactive ketones (excluding diaryl/α,β-unsaturated/α-hetero) is 1. The smallest absolute Gasteiger partial charge is 0.248 e. The number of hydrogen-bond acceptors (Lipinski definition) is 4. The number of halogens is 2. The average molecular weight is 493 g/mol. The number of fused-ring (bicyclic) bond motifs is 1. The van der Waals surface area contributed by atoms with Crippen LogP contribution in [0.1, 0.15) is 54.4 Å². The Morgan fingerprint density at radius 2 is 1.86 bits per heavy atom. The highest BCUT2D eigenvalue weighted by molar-refractivity contribution is 6.01. The molecule has 4 aromatic rings. The second-order valence-electron chi connectivity index (χ2n) is 9.90. The van der Waals surface area contributed by atoms with Gasteiger partial charge in [-0.3, -0.25) is 4.79 Å². The maximum absolute atomic E-state index is 13.8. The summed E-state index contributed by atoms with van der Waals surface area (Å²) in [6, 6.07) is 11.9. The summed E-state index contributed by atoms with van der Waals surface area (Å²) in [5.41, 5.74) is 6.29. The number of benzene rings is 2. The molecule has 188 valence electrons. The first-order chi connectivity index (χ1) is 17.2. The van der Waals surface area contributed by atoms with E-state index in [9.17, 15) is 13.6 Å². The Morgan fingerprint density at radius 3 is 2.50 bits per heavy atom. The van der Waals surface area contributed by atoms with E-state index in [4.69, 9.17) is 9.26 Å². The molecule has 0 amide bonds. The lowest BCUT2D eigenvalue weighted by molar-refractivity contribution is -0.0472. The number of nitrogens with zero attached hydrogens (tertiary/aromatic N) is 2. The standard InChI is InChI=1S/C29H30F2N2O3/c1-17-28(19(3)36-32-17)22-6-8-24-25(21-5-7-23(18(2)34)27(14-21)35-4)16-33(26(24)13-22)15-20-9-11-29(30,31)12-10-20/h5-8,13-14,16,20H,9-12,15H2,1-4H3. The summed E-state index contributed by atoms with van der Waals surface area (Å²) in [6.45, 7) is 6.01. The molecule has 0 radical (unpaired) electrons. The van der Waals surface area contributed by atoms with E-state index < -0.39 is 5.92 Å². The lowest BCUT2D eigenvalue weighted by atomic mass is 9.87. The van der Waals surface area contributed by atoms with Gasteiger partial charge in [0.15, 0.2) is 5.78 Å². The molecule has 0 atom stereocenters. The zero-order valence-electron chi connectivity index (χ0n) is 21.0. The number of carbonyl (C=O) groups is 1. The van der Waals surface area contributed by atoms with Gasteiger partial charge >= 0.3 is 0 Å². The number of carbonyl (C=O) groups excluding carboxylic acids is 1. The van der Waals surface area contributed by atoms with Gasteiger partial charge < -0.3 is 13.8 Å². The highest BCUT2D eigenvalue weighted by Crippen LogP contribution is 2.40. The fraction of sp³-hybridized carbons (Fsp3) is 0.379. The average Bonchev–Trinajstić information content (AvgIpc) is 3.38. The van der Waals surface area contributed by atoms with E-state index >= 15 is 0 Å². The number of alkyl halides is 2. The first-order valence-electron chi connectivity index (χ1n) is 12.3. The highest BCUT2D eigenvalue weighted by atomic mass is 19.3. The monoisotopic (exact) mass is 492 g/mol. The number of methoxy groups -OCH3 is 1. The van der Waals surface area contributed by atoms with Gasteiger partial charge in [-0.1, -0.05) is 23.4 Å². The van der Waals surface area contributed by atoms with Gasteiger partial charge in [0, 0.05) is 47.6 Å². The van der Waals surface area contributed by atoms with Crippen LogP contribution in [-0.4, -0.2) is 28.5 Å². The Bertz CT molecular complexity index is 1420. The van der Waals surface area contributed by atoms with Crippen LogP contribution in [0.25, 0.3) is 33.2 Å². The summed E-state index contributed by atoms with van der Waals surface area (Å²) in [4.78, 5) is 12.0. The van der Waals surface area contributed by atoms with E-state index in [1.807, 2.05) is 26.0 Å². The van der Waals surface area contributed by atoms with Crippen molar-refractivity contribution in [1.82, 2.24) is 9.72 Å². The molecule has 1 fully saturated rings. The molecule has 0 bridgehead atoms. The van der Waals surface area contributed by atoms with Crippen molar-refractivity contribution in [3.05, 3.63) is 59.6 Å². The van der Waals surface area contributed by atoms with Gasteiger partial charge in [0.05, 0.1) is 18.4 Å². The Balaban J connectivity index is 1.62. The molecule has 1 aliphatic carbocycles. The van der Waals surface area contributed by atoms with Crippen LogP contribution in [0.4, 0.5) is 8.78 Å². The van der Waals surface area contributed by atoms with Crippen LogP contribution in [0, 0.1) is 19.8 Å². The topological polar surface area (TPSA) is 57.3 Å². The van der Waals surface area contributed by atoms with Crippen molar-refractivity contribution in [2.75, 3.05) is 7.11 Å². The summed E-state index contributed by atoms with van der Waals surface area (Å²) in [7, 11) is 1.56. The second-order valence-corrected chi connectivity index (χ2v) is 9.90. The molecule has 0 spiro atoms. The number of hydrogen-bond donors (Lipinski definition) is 0. The third kappa shape index (κ3) is 4.43. The summed E-state index contributed by atoms with van der Waals surface area (Å²) >= 11 is 0. The quantitative estimate of drug-likeness (QED) is 0.260. The third-order valence-corrected chi connectivity index (χ3v) is 7.39. The molecule has 0 aliphatic heterocycles. The van der Waals surface area contributed by atoms with Gasteiger partial charge in [-0.25, -0.2) is 8.78 Å². The van der Waals surface area contributed by atoms with Crippen LogP contribution in [0.15, 0.2) is 47.1 Å². The fourth-order valence-corrected chi connectivity index (χ4v) is 5.43. The Kier molecular flexibility index (Phi) is 6.18. The molecule has 1 saturated carbocycles. The van der Waals surface area contributed by atoms with Crippen LogP contribution in [-0.2, 0) is 6.54 Å². The molecule has 2 heterocycles. The normalized spacial score (nSPS) is 15.9. The summed E-state index contributed by atoms with van der Waals surface area (Å²) < 4.78 is 40.7. The molecular weight excluding hydrogens is 462 g/mol. The summed E-state index contributed by atoms with van der Waals surface area (Å²) in [5.74, 6) is -1.14. The van der Waals surface area contributed by atoms with E-state index in [1.165, 1.54) is 6.92 Å². The number of aromatic nitrogens is 2. The molecule has 0 unspecified atom stereocenters. The van der Waals surface area contributed by atoms with E-state index in [0.29, 0.717) is 30.7 Å². The van der Waals surface area contributed by atoms with Crippen LogP contribution >= 0.6 is 0 Å². The van der Waals surface area contributed by atoms with Crippen molar-refractivity contribution in [3.63, 3.8) is 0 Å². The van der Waals surface area contributed by atoms with Gasteiger partial charge in [-0.2, -0.15) is 0 Å². The van der Waals surface area contributed by atoms with Crippen molar-refractivity contribution in [2.24, 2.45) is 5.92 Å². The van der Waals surface area contributed by atoms with Crippen molar-refractivity contribution >= 4 is 16.7 Å². The van der Waals surface area contributed by atoms with Crippen molar-refractivity contribution in [1.29, 1.82) is 0 Å². The predicted octanol–water partition coefficient (Wildman–Crippen LogP) is 7.62. The molecule has 7 heteroatoms. The molecular formula is C29H30F2N2O3. The Labute approximate surface area is 209 Å². The minimum atomic E-state index is -2.55. The Hall–Kier alpha value is -3.48. The molecule has 1 aliphatic rings. The summed E-state index contributed by atoms with van der Waals surface area (Å²) in [5, 5.41) is 5.15. The minimum absolute atomic E-state index is 0.0565.